The second-order valence-corrected chi connectivity index (χ2v) is 5.69. The summed E-state index contributed by atoms with van der Waals surface area (Å²) >= 11 is 1.55. The summed E-state index contributed by atoms with van der Waals surface area (Å²) in [5.74, 6) is -0.224. The van der Waals surface area contributed by atoms with Gasteiger partial charge in [0.15, 0.2) is 0 Å². The third-order valence-electron chi connectivity index (χ3n) is 3.27. The van der Waals surface area contributed by atoms with Crippen molar-refractivity contribution in [3.63, 3.8) is 0 Å². The predicted molar refractivity (Wildman–Crippen MR) is 76.7 cm³/mol. The fourth-order valence-corrected chi connectivity index (χ4v) is 2.74. The summed E-state index contributed by atoms with van der Waals surface area (Å²) in [4.78, 5) is 0. The van der Waals surface area contributed by atoms with Crippen LogP contribution in [0.15, 0.2) is 41.1 Å². The normalized spacial score (nSPS) is 16.0. The van der Waals surface area contributed by atoms with Crippen LogP contribution in [0.4, 0.5) is 4.39 Å². The van der Waals surface area contributed by atoms with Crippen molar-refractivity contribution in [2.75, 3.05) is 6.54 Å². The van der Waals surface area contributed by atoms with E-state index in [0.29, 0.717) is 12.1 Å². The Hall–Kier alpha value is -1.23. The lowest BCUT2D eigenvalue weighted by Gasteiger charge is -2.25. The van der Waals surface area contributed by atoms with Crippen molar-refractivity contribution in [1.82, 2.24) is 5.32 Å². The number of rotatable bonds is 5. The van der Waals surface area contributed by atoms with Gasteiger partial charge in [0.2, 0.25) is 0 Å². The first-order valence-corrected chi connectivity index (χ1v) is 7.18. The molecule has 0 aliphatic heterocycles. The van der Waals surface area contributed by atoms with Crippen LogP contribution in [0, 0.1) is 5.82 Å². The van der Waals surface area contributed by atoms with Crippen LogP contribution in [-0.2, 0) is 5.60 Å². The molecule has 1 aromatic heterocycles. The van der Waals surface area contributed by atoms with Crippen LogP contribution in [-0.4, -0.2) is 11.7 Å². The number of nitrogens with one attached hydrogen (secondary N) is 1. The molecule has 2 rings (SSSR count). The fourth-order valence-electron chi connectivity index (χ4n) is 1.96. The molecule has 0 saturated heterocycles. The lowest BCUT2D eigenvalue weighted by molar-refractivity contribution is 0.0547. The monoisotopic (exact) mass is 279 g/mol. The van der Waals surface area contributed by atoms with Gasteiger partial charge in [-0.2, -0.15) is 11.3 Å². The molecule has 0 aliphatic carbocycles. The minimum absolute atomic E-state index is 0.147. The summed E-state index contributed by atoms with van der Waals surface area (Å²) < 4.78 is 13.6. The molecule has 19 heavy (non-hydrogen) atoms. The van der Waals surface area contributed by atoms with Crippen molar-refractivity contribution in [2.24, 2.45) is 0 Å². The maximum Gasteiger partial charge on any atom is 0.127 e. The summed E-state index contributed by atoms with van der Waals surface area (Å²) in [7, 11) is 0. The van der Waals surface area contributed by atoms with Crippen LogP contribution in [0.3, 0.4) is 0 Å². The van der Waals surface area contributed by atoms with Crippen LogP contribution in [0.2, 0.25) is 0 Å². The van der Waals surface area contributed by atoms with Gasteiger partial charge in [0, 0.05) is 18.2 Å². The molecule has 0 radical (unpaired) electrons. The zero-order valence-corrected chi connectivity index (χ0v) is 11.9. The Labute approximate surface area is 116 Å². The molecular formula is C15H18FNOS. The number of hydrogen-bond acceptors (Lipinski definition) is 3. The average Bonchev–Trinajstić information content (AvgIpc) is 2.91. The number of halogens is 1. The summed E-state index contributed by atoms with van der Waals surface area (Å²) in [5.41, 5.74) is 0.550. The van der Waals surface area contributed by atoms with Gasteiger partial charge in [-0.3, -0.25) is 0 Å². The average molecular weight is 279 g/mol. The number of aliphatic hydroxyl groups is 1. The van der Waals surface area contributed by atoms with Gasteiger partial charge in [-0.15, -0.1) is 0 Å². The minimum atomic E-state index is -0.945. The first-order chi connectivity index (χ1) is 9.00. The molecule has 0 bridgehead atoms. The Morgan fingerprint density at radius 2 is 2.11 bits per heavy atom. The Balaban J connectivity index is 2.01. The second-order valence-electron chi connectivity index (χ2n) is 4.91. The van der Waals surface area contributed by atoms with Gasteiger partial charge in [-0.25, -0.2) is 4.39 Å². The zero-order valence-electron chi connectivity index (χ0n) is 11.1. The largest absolute Gasteiger partial charge is 0.384 e. The molecule has 0 fully saturated rings. The molecule has 2 nitrogen and oxygen atoms in total. The standard InChI is InChI=1S/C15H18FNOS/c1-11(13-5-3-4-6-14(13)16)17-10-15(2,18)12-7-8-19-9-12/h3-9,11,17-18H,10H2,1-2H3/t11-,15+/m0/s1. The van der Waals surface area contributed by atoms with Gasteiger partial charge in [0.1, 0.15) is 11.4 Å². The predicted octanol–water partition coefficient (Wildman–Crippen LogP) is 3.45. The van der Waals surface area contributed by atoms with Crippen LogP contribution < -0.4 is 5.32 Å². The molecule has 2 aromatic rings. The molecular weight excluding hydrogens is 261 g/mol. The Morgan fingerprint density at radius 3 is 2.74 bits per heavy atom. The van der Waals surface area contributed by atoms with Crippen LogP contribution in [0.25, 0.3) is 0 Å². The number of benzene rings is 1. The molecule has 102 valence electrons. The van der Waals surface area contributed by atoms with E-state index in [2.05, 4.69) is 5.32 Å². The summed E-state index contributed by atoms with van der Waals surface area (Å²) in [6.45, 7) is 4.03. The van der Waals surface area contributed by atoms with Gasteiger partial charge in [-0.1, -0.05) is 18.2 Å². The van der Waals surface area contributed by atoms with Crippen LogP contribution in [0.1, 0.15) is 31.0 Å². The molecule has 0 amide bonds. The molecule has 0 spiro atoms. The first-order valence-electron chi connectivity index (χ1n) is 6.23. The van der Waals surface area contributed by atoms with Gasteiger partial charge >= 0.3 is 0 Å². The number of hydrogen-bond donors (Lipinski definition) is 2. The smallest absolute Gasteiger partial charge is 0.127 e. The summed E-state index contributed by atoms with van der Waals surface area (Å²) in [6.07, 6.45) is 0. The molecule has 1 heterocycles. The van der Waals surface area contributed by atoms with Crippen molar-refractivity contribution >= 4 is 11.3 Å². The van der Waals surface area contributed by atoms with Gasteiger partial charge in [0.05, 0.1) is 0 Å². The first kappa shape index (κ1) is 14.2. The van der Waals surface area contributed by atoms with Crippen molar-refractivity contribution in [3.8, 4) is 0 Å². The van der Waals surface area contributed by atoms with Crippen molar-refractivity contribution in [3.05, 3.63) is 58.0 Å². The van der Waals surface area contributed by atoms with Gasteiger partial charge in [-0.05, 0) is 42.3 Å². The highest BCUT2D eigenvalue weighted by Gasteiger charge is 2.24. The summed E-state index contributed by atoms with van der Waals surface area (Å²) in [6, 6.07) is 8.45. The lowest BCUT2D eigenvalue weighted by atomic mass is 9.98. The second kappa shape index (κ2) is 5.82. The maximum atomic E-state index is 13.6. The maximum absolute atomic E-state index is 13.6. The fraction of sp³-hybridized carbons (Fsp3) is 0.333. The SMILES string of the molecule is C[C@H](NC[C@@](C)(O)c1ccsc1)c1ccccc1F. The Morgan fingerprint density at radius 1 is 1.37 bits per heavy atom. The van der Waals surface area contributed by atoms with Crippen molar-refractivity contribution in [2.45, 2.75) is 25.5 Å². The van der Waals surface area contributed by atoms with E-state index >= 15 is 0 Å². The van der Waals surface area contributed by atoms with Crippen molar-refractivity contribution < 1.29 is 9.50 Å². The lowest BCUT2D eigenvalue weighted by Crippen LogP contribution is -2.36. The van der Waals surface area contributed by atoms with Gasteiger partial charge < -0.3 is 10.4 Å². The molecule has 4 heteroatoms. The third-order valence-corrected chi connectivity index (χ3v) is 3.95. The molecule has 2 N–H and O–H groups in total. The highest BCUT2D eigenvalue weighted by Crippen LogP contribution is 2.24. The topological polar surface area (TPSA) is 32.3 Å². The van der Waals surface area contributed by atoms with E-state index in [1.165, 1.54) is 6.07 Å². The highest BCUT2D eigenvalue weighted by molar-refractivity contribution is 7.08. The van der Waals surface area contributed by atoms with E-state index in [9.17, 15) is 9.50 Å². The third kappa shape index (κ3) is 3.41. The molecule has 0 aliphatic rings. The molecule has 0 unspecified atom stereocenters. The highest BCUT2D eigenvalue weighted by atomic mass is 32.1. The van der Waals surface area contributed by atoms with E-state index in [1.807, 2.05) is 29.8 Å². The molecule has 0 saturated carbocycles. The molecule has 2 atom stereocenters. The van der Waals surface area contributed by atoms with E-state index < -0.39 is 5.60 Å². The van der Waals surface area contributed by atoms with Crippen LogP contribution in [0.5, 0.6) is 0 Å². The summed E-state index contributed by atoms with van der Waals surface area (Å²) in [5, 5.41) is 17.4. The molecule has 1 aromatic carbocycles. The Kier molecular flexibility index (Phi) is 4.34. The zero-order chi connectivity index (χ0) is 13.9. The van der Waals surface area contributed by atoms with E-state index in [-0.39, 0.29) is 11.9 Å². The van der Waals surface area contributed by atoms with E-state index in [1.54, 1.807) is 30.4 Å². The van der Waals surface area contributed by atoms with E-state index in [4.69, 9.17) is 0 Å². The minimum Gasteiger partial charge on any atom is -0.384 e. The number of thiophene rings is 1. The van der Waals surface area contributed by atoms with Crippen LogP contribution >= 0.6 is 11.3 Å². The van der Waals surface area contributed by atoms with E-state index in [0.717, 1.165) is 5.56 Å². The Bertz CT molecular complexity index is 525. The van der Waals surface area contributed by atoms with Crippen molar-refractivity contribution in [1.29, 1.82) is 0 Å². The quantitative estimate of drug-likeness (QED) is 0.878. The van der Waals surface area contributed by atoms with Gasteiger partial charge in [0.25, 0.3) is 0 Å².